The molecule has 0 amide bonds. The number of hydrogen-bond acceptors (Lipinski definition) is 14. The molecule has 1 rings (SSSR count). The van der Waals surface area contributed by atoms with Crippen LogP contribution in [0.3, 0.4) is 0 Å². The number of phosphoric acid groups is 4. The van der Waals surface area contributed by atoms with Gasteiger partial charge in [-0.15, -0.1) is 0 Å². The zero-order chi connectivity index (χ0) is 35.1. The average molecular weight is 816 g/mol. The molecule has 14 N–H and O–H groups in total. The minimum absolute atomic E-state index is 2.24. The highest BCUT2D eigenvalue weighted by molar-refractivity contribution is 7.70. The first-order valence-corrected chi connectivity index (χ1v) is 23.3. The van der Waals surface area contributed by atoms with Gasteiger partial charge in [-0.1, -0.05) is 0 Å². The normalized spacial score (nSPS) is 29.1. The highest BCUT2D eigenvalue weighted by Gasteiger charge is 2.63. The fourth-order valence-electron chi connectivity index (χ4n) is 3.39. The Hall–Kier alpha value is 1.04. The van der Waals surface area contributed by atoms with E-state index in [-0.39, 0.29) is 0 Å². The predicted octanol–water partition coefficient (Wildman–Crippen LogP) is -2.68. The van der Waals surface area contributed by atoms with Crippen LogP contribution < -0.4 is 0 Å². The van der Waals surface area contributed by atoms with Crippen molar-refractivity contribution in [3.8, 4) is 0 Å². The predicted molar refractivity (Wildman–Crippen MR) is 131 cm³/mol. The van der Waals surface area contributed by atoms with Gasteiger partial charge in [0.2, 0.25) is 0 Å². The van der Waals surface area contributed by atoms with Crippen molar-refractivity contribution in [2.45, 2.75) is 36.6 Å². The Kier molecular flexibility index (Phi) is 14.2. The minimum atomic E-state index is -6.24. The lowest BCUT2D eigenvalue weighted by atomic mass is 9.85. The summed E-state index contributed by atoms with van der Waals surface area (Å²) >= 11 is 0. The third-order valence-electron chi connectivity index (χ3n) is 4.28. The van der Waals surface area contributed by atoms with E-state index in [2.05, 4.69) is 27.1 Å². The Labute approximate surface area is 242 Å². The standard InChI is InChI=1S/C8H24O28P8/c9-37(10,11)1-39(15,16)31-3-5(33-41(19,20)21)4(32-40(17,18)2-38(12,13)14)7(35-43(25,26)27)8(36-44(28,29)30)6(3)34-42(22,23)24/h3-8H,1-2H2,(H,15,16)(H,17,18)(H2,9,10,11)(H2,12,13,14)(H2,19,20,21)(H2,22,23,24)(H2,25,26,27)(H2,28,29,30)/t3-,4+,5?,6-,7-,8?/m1/s1. The van der Waals surface area contributed by atoms with Gasteiger partial charge in [-0.3, -0.25) is 45.4 Å². The maximum Gasteiger partial charge on any atom is 0.470 e. The third-order valence-corrected chi connectivity index (χ3v) is 13.3. The van der Waals surface area contributed by atoms with Gasteiger partial charge in [0.25, 0.3) is 0 Å². The molecule has 1 aliphatic carbocycles. The van der Waals surface area contributed by atoms with Crippen molar-refractivity contribution in [3.05, 3.63) is 0 Å². The molecule has 1 aliphatic rings. The second-order valence-corrected chi connectivity index (χ2v) is 20.9. The van der Waals surface area contributed by atoms with Crippen molar-refractivity contribution in [3.63, 3.8) is 0 Å². The molecule has 0 heterocycles. The Morgan fingerprint density at radius 2 is 0.477 bits per heavy atom. The van der Waals surface area contributed by atoms with Crippen LogP contribution in [0, 0.1) is 0 Å². The average Bonchev–Trinajstić information content (AvgIpc) is 2.62. The second kappa shape index (κ2) is 14.5. The van der Waals surface area contributed by atoms with Crippen molar-refractivity contribution >= 4 is 61.7 Å². The van der Waals surface area contributed by atoms with Gasteiger partial charge in [0.1, 0.15) is 36.6 Å². The maximum atomic E-state index is 12.5. The van der Waals surface area contributed by atoms with Crippen molar-refractivity contribution < 1.29 is 132 Å². The van der Waals surface area contributed by atoms with Crippen LogP contribution in [0.1, 0.15) is 0 Å². The molecule has 0 saturated heterocycles. The second-order valence-electron chi connectivity index (χ2n) is 8.27. The number of rotatable bonds is 16. The number of phosphoric ester groups is 4. The molecule has 1 fully saturated rings. The quantitative estimate of drug-likeness (QED) is 0.0706. The molecule has 44 heavy (non-hydrogen) atoms. The smallest absolute Gasteiger partial charge is 0.324 e. The van der Waals surface area contributed by atoms with Gasteiger partial charge < -0.3 is 68.5 Å². The summed E-state index contributed by atoms with van der Waals surface area (Å²) in [5, 5.41) is 0. The Bertz CT molecular complexity index is 1320. The van der Waals surface area contributed by atoms with Gasteiger partial charge in [-0.2, -0.15) is 0 Å². The molecule has 4 unspecified atom stereocenters. The fourth-order valence-corrected chi connectivity index (χ4v) is 11.1. The molecule has 0 aromatic heterocycles. The topological polar surface area (TPSA) is 475 Å². The van der Waals surface area contributed by atoms with Crippen LogP contribution in [0.15, 0.2) is 0 Å². The van der Waals surface area contributed by atoms with Crippen LogP contribution in [0.5, 0.6) is 0 Å². The van der Waals surface area contributed by atoms with E-state index in [1.807, 2.05) is 0 Å². The molecule has 8 atom stereocenters. The molecule has 0 radical (unpaired) electrons. The van der Waals surface area contributed by atoms with E-state index in [0.717, 1.165) is 0 Å². The monoisotopic (exact) mass is 816 g/mol. The van der Waals surface area contributed by atoms with Gasteiger partial charge in [-0.25, -0.2) is 18.3 Å². The lowest BCUT2D eigenvalue weighted by molar-refractivity contribution is -0.198. The summed E-state index contributed by atoms with van der Waals surface area (Å²) in [6.07, 6.45) is -20.1. The van der Waals surface area contributed by atoms with Gasteiger partial charge in [-0.05, 0) is 0 Å². The third kappa shape index (κ3) is 16.9. The summed E-state index contributed by atoms with van der Waals surface area (Å²) < 4.78 is 120. The highest BCUT2D eigenvalue weighted by atomic mass is 31.2. The summed E-state index contributed by atoms with van der Waals surface area (Å²) in [5.41, 5.74) is 0. The van der Waals surface area contributed by atoms with E-state index in [1.165, 1.54) is 0 Å². The van der Waals surface area contributed by atoms with E-state index in [4.69, 9.17) is 19.6 Å². The first-order chi connectivity index (χ1) is 19.0. The first kappa shape index (κ1) is 43.1. The Balaban J connectivity index is 4.23. The van der Waals surface area contributed by atoms with Gasteiger partial charge in [0, 0.05) is 0 Å². The summed E-state index contributed by atoms with van der Waals surface area (Å²) in [7, 11) is -48.2. The van der Waals surface area contributed by atoms with Gasteiger partial charge >= 0.3 is 61.7 Å². The van der Waals surface area contributed by atoms with Crippen LogP contribution in [-0.2, 0) is 63.7 Å². The van der Waals surface area contributed by atoms with Crippen LogP contribution in [0.4, 0.5) is 0 Å². The van der Waals surface area contributed by atoms with E-state index in [0.29, 0.717) is 0 Å². The van der Waals surface area contributed by atoms with Crippen molar-refractivity contribution in [2.75, 3.05) is 11.8 Å². The van der Waals surface area contributed by atoms with Gasteiger partial charge in [0.05, 0.1) is 0 Å². The largest absolute Gasteiger partial charge is 0.470 e. The zero-order valence-electron chi connectivity index (χ0n) is 20.4. The molecule has 1 saturated carbocycles. The van der Waals surface area contributed by atoms with E-state index < -0.39 is 110 Å². The molecule has 36 heteroatoms. The lowest BCUT2D eigenvalue weighted by Crippen LogP contribution is -2.66. The molecule has 0 spiro atoms. The first-order valence-electron chi connectivity index (χ1n) is 10.0. The van der Waals surface area contributed by atoms with Crippen LogP contribution in [0.25, 0.3) is 0 Å². The van der Waals surface area contributed by atoms with Gasteiger partial charge in [0.15, 0.2) is 11.8 Å². The van der Waals surface area contributed by atoms with Crippen LogP contribution in [-0.4, -0.2) is 117 Å². The lowest BCUT2D eigenvalue weighted by Gasteiger charge is -2.48. The van der Waals surface area contributed by atoms with Crippen molar-refractivity contribution in [2.24, 2.45) is 0 Å². The highest BCUT2D eigenvalue weighted by Crippen LogP contribution is 2.62. The van der Waals surface area contributed by atoms with Crippen molar-refractivity contribution in [1.82, 2.24) is 0 Å². The maximum absolute atomic E-state index is 12.5. The van der Waals surface area contributed by atoms with Crippen LogP contribution >= 0.6 is 61.7 Å². The Morgan fingerprint density at radius 3 is 0.614 bits per heavy atom. The van der Waals surface area contributed by atoms with E-state index in [9.17, 15) is 85.5 Å². The molecule has 0 aromatic rings. The summed E-state index contributed by atoms with van der Waals surface area (Å²) in [6.45, 7) is 0. The summed E-state index contributed by atoms with van der Waals surface area (Å²) in [6, 6.07) is 0. The molecule has 0 aromatic carbocycles. The molecule has 0 bridgehead atoms. The zero-order valence-corrected chi connectivity index (χ0v) is 27.6. The molecular weight excluding hydrogens is 792 g/mol. The van der Waals surface area contributed by atoms with Crippen molar-refractivity contribution in [1.29, 1.82) is 0 Å². The Morgan fingerprint density at radius 1 is 0.318 bits per heavy atom. The fraction of sp³-hybridized carbons (Fsp3) is 1.00. The number of hydrogen-bond donors (Lipinski definition) is 14. The van der Waals surface area contributed by atoms with Crippen LogP contribution in [0.2, 0.25) is 0 Å². The summed E-state index contributed by atoms with van der Waals surface area (Å²) in [5.74, 6) is -4.48. The molecule has 28 nitrogen and oxygen atoms in total. The molecule has 264 valence electrons. The van der Waals surface area contributed by atoms with E-state index in [1.54, 1.807) is 0 Å². The van der Waals surface area contributed by atoms with E-state index >= 15 is 0 Å². The molecule has 0 aliphatic heterocycles. The summed E-state index contributed by atoms with van der Waals surface area (Å²) in [4.78, 5) is 131. The SMILES string of the molecule is O=P(O)(O)CP(=O)(O)O[C@@H]1C(OP(=O)(O)O)[C@H](OP(=O)(O)CP(=O)(O)O)[C@@H](OP(=O)(O)O)C(OP(=O)(O)O)[C@@H]1OP(=O)(O)O. The minimum Gasteiger partial charge on any atom is -0.324 e. The molecular formula is C8H24O28P8.